The molecular weight excluding hydrogens is 956 g/mol. The van der Waals surface area contributed by atoms with Gasteiger partial charge in [0.2, 0.25) is 15.8 Å². The van der Waals surface area contributed by atoms with Crippen molar-refractivity contribution in [1.82, 2.24) is 29.4 Å². The second-order valence-corrected chi connectivity index (χ2v) is 21.0. The Hall–Kier alpha value is -5.32. The molecule has 62 heavy (non-hydrogen) atoms. The van der Waals surface area contributed by atoms with Crippen molar-refractivity contribution in [3.05, 3.63) is 105 Å². The number of benzene rings is 4. The van der Waals surface area contributed by atoms with E-state index in [0.717, 1.165) is 14.8 Å². The molecule has 1 aliphatic rings. The van der Waals surface area contributed by atoms with E-state index in [2.05, 4.69) is 15.4 Å². The molecule has 5 aromatic rings. The van der Waals surface area contributed by atoms with Crippen LogP contribution in [0.4, 0.5) is 4.79 Å². The van der Waals surface area contributed by atoms with Crippen LogP contribution in [0.1, 0.15) is 50.8 Å². The first-order valence-corrected chi connectivity index (χ1v) is 23.2. The molecule has 0 aliphatic carbocycles. The first kappa shape index (κ1) is 46.2. The smallest absolute Gasteiger partial charge is 0.411 e. The summed E-state index contributed by atoms with van der Waals surface area (Å²) in [6.07, 6.45) is -1.60. The quantitative estimate of drug-likeness (QED) is 0.119. The number of carboxylic acid groups (broad SMARTS) is 1. The maximum Gasteiger partial charge on any atom is 0.411 e. The number of likely N-dealkylation sites (tertiary alicyclic amines) is 1. The zero-order chi connectivity index (χ0) is 45.2. The number of sulfone groups is 1. The number of aliphatic carboxylic acids is 1. The zero-order valence-electron chi connectivity index (χ0n) is 35.1. The fourth-order valence-electron chi connectivity index (χ4n) is 6.96. The van der Waals surface area contributed by atoms with E-state index >= 15 is 16.8 Å². The molecule has 1 fully saturated rings. The number of halogens is 1. The normalized spacial score (nSPS) is 16.9. The highest BCUT2D eigenvalue weighted by Crippen LogP contribution is 2.43. The molecule has 2 heterocycles. The second kappa shape index (κ2) is 18.2. The van der Waals surface area contributed by atoms with Gasteiger partial charge in [-0.3, -0.25) is 4.90 Å². The van der Waals surface area contributed by atoms with E-state index in [0.29, 0.717) is 28.4 Å². The monoisotopic (exact) mass is 1000 g/mol. The number of carbonyl (C=O) groups is 2. The van der Waals surface area contributed by atoms with Crippen LogP contribution in [0.3, 0.4) is 0 Å². The Morgan fingerprint density at radius 1 is 0.823 bits per heavy atom. The van der Waals surface area contributed by atoms with Crippen LogP contribution in [0.15, 0.2) is 94.7 Å². The lowest BCUT2D eigenvalue weighted by atomic mass is 9.99. The second-order valence-electron chi connectivity index (χ2n) is 15.8. The summed E-state index contributed by atoms with van der Waals surface area (Å²) in [7, 11) is -5.14. The minimum absolute atomic E-state index is 0.130. The molecule has 0 unspecified atom stereocenters. The van der Waals surface area contributed by atoms with Crippen molar-refractivity contribution in [3.8, 4) is 28.6 Å². The summed E-state index contributed by atoms with van der Waals surface area (Å²) in [5.74, 6) is 0.0866. The molecule has 1 amide bonds. The zero-order valence-corrected chi connectivity index (χ0v) is 38.9. The van der Waals surface area contributed by atoms with Gasteiger partial charge in [-0.2, -0.15) is 9.10 Å². The van der Waals surface area contributed by atoms with Crippen molar-refractivity contribution < 1.29 is 50.5 Å². The Morgan fingerprint density at radius 3 is 1.79 bits per heavy atom. The lowest BCUT2D eigenvalue weighted by Crippen LogP contribution is -2.52. The third-order valence-electron chi connectivity index (χ3n) is 10.3. The molecule has 1 aliphatic heterocycles. The number of amides is 1. The van der Waals surface area contributed by atoms with Gasteiger partial charge in [0.25, 0.3) is 0 Å². The van der Waals surface area contributed by atoms with Gasteiger partial charge < -0.3 is 24.1 Å². The van der Waals surface area contributed by atoms with Crippen molar-refractivity contribution in [2.45, 2.75) is 79.9 Å². The number of sulfonamides is 1. The molecule has 17 nitrogen and oxygen atoms in total. The summed E-state index contributed by atoms with van der Waals surface area (Å²) in [6.45, 7) is 5.14. The Kier molecular flexibility index (Phi) is 13.5. The van der Waals surface area contributed by atoms with Crippen molar-refractivity contribution in [3.63, 3.8) is 0 Å². The molecule has 0 radical (unpaired) electrons. The van der Waals surface area contributed by atoms with Crippen LogP contribution in [0, 0.1) is 3.57 Å². The molecule has 330 valence electrons. The van der Waals surface area contributed by atoms with Gasteiger partial charge in [0.05, 0.1) is 43.6 Å². The highest BCUT2D eigenvalue weighted by Gasteiger charge is 2.56. The molecule has 1 aromatic heterocycles. The van der Waals surface area contributed by atoms with E-state index in [-0.39, 0.29) is 34.6 Å². The van der Waals surface area contributed by atoms with Crippen LogP contribution in [-0.2, 0) is 49.0 Å². The number of rotatable bonds is 15. The highest BCUT2D eigenvalue weighted by atomic mass is 127. The van der Waals surface area contributed by atoms with Gasteiger partial charge in [-0.25, -0.2) is 26.4 Å². The maximum atomic E-state index is 15.7. The predicted molar refractivity (Wildman–Crippen MR) is 235 cm³/mol. The van der Waals surface area contributed by atoms with E-state index in [1.165, 1.54) is 38.1 Å². The van der Waals surface area contributed by atoms with Crippen molar-refractivity contribution >= 4 is 54.5 Å². The topological polar surface area (TPSA) is 210 Å². The molecule has 20 heteroatoms. The van der Waals surface area contributed by atoms with Crippen LogP contribution in [0.2, 0.25) is 0 Å². The van der Waals surface area contributed by atoms with Crippen LogP contribution in [0.5, 0.6) is 17.2 Å². The van der Waals surface area contributed by atoms with Gasteiger partial charge >= 0.3 is 12.1 Å². The summed E-state index contributed by atoms with van der Waals surface area (Å²) < 4.78 is 84.6. The number of nitrogens with zero attached hydrogens (tertiary/aromatic N) is 6. The van der Waals surface area contributed by atoms with Gasteiger partial charge in [0, 0.05) is 29.6 Å². The first-order valence-electron chi connectivity index (χ1n) is 19.2. The van der Waals surface area contributed by atoms with E-state index in [1.807, 2.05) is 22.6 Å². The number of ether oxygens (including phenoxy) is 4. The molecule has 2 atom stereocenters. The molecule has 0 spiro atoms. The number of carbonyl (C=O) groups excluding carboxylic acids is 1. The van der Waals surface area contributed by atoms with Crippen LogP contribution >= 0.6 is 22.6 Å². The number of carboxylic acids is 1. The average Bonchev–Trinajstić information content (AvgIpc) is 3.86. The standard InChI is InChI=1S/C42H47IN6O11S2/c1-41(2,3)60-40(52)48-26-33(22-42(48,4)39(50)51)61(53,54)35-21-20-34(43)36(38-44-46-49(45-38)25-29-12-18-32(59-7)19-13-29)37(35)62(55,56)47(23-27-8-14-30(57-5)15-9-27)24-28-10-16-31(58-6)17-11-28/h8-21,33H,22-26H2,1-7H3,(H,50,51)/t33-,42-/m0/s1. The van der Waals surface area contributed by atoms with Crippen molar-refractivity contribution in [1.29, 1.82) is 0 Å². The predicted octanol–water partition coefficient (Wildman–Crippen LogP) is 6.04. The lowest BCUT2D eigenvalue weighted by molar-refractivity contribution is -0.148. The minimum Gasteiger partial charge on any atom is -0.497 e. The average molecular weight is 1000 g/mol. The number of hydrogen-bond donors (Lipinski definition) is 1. The van der Waals surface area contributed by atoms with E-state index in [4.69, 9.17) is 18.9 Å². The van der Waals surface area contributed by atoms with Gasteiger partial charge in [0.15, 0.2) is 9.84 Å². The molecule has 6 rings (SSSR count). The summed E-state index contributed by atoms with van der Waals surface area (Å²) in [4.78, 5) is 27.2. The lowest BCUT2D eigenvalue weighted by Gasteiger charge is -2.32. The van der Waals surface area contributed by atoms with E-state index < -0.39 is 71.1 Å². The number of tetrazole rings is 1. The van der Waals surface area contributed by atoms with Crippen molar-refractivity contribution in [2.75, 3.05) is 27.9 Å². The minimum atomic E-state index is -4.90. The molecule has 0 saturated carbocycles. The summed E-state index contributed by atoms with van der Waals surface area (Å²) >= 11 is 1.90. The highest BCUT2D eigenvalue weighted by molar-refractivity contribution is 14.1. The van der Waals surface area contributed by atoms with Gasteiger partial charge in [0.1, 0.15) is 33.3 Å². The number of methoxy groups -OCH3 is 3. The third-order valence-corrected chi connectivity index (χ3v) is 15.3. The molecular formula is C42H47IN6O11S2. The SMILES string of the molecule is COc1ccc(CN(Cc2ccc(OC)cc2)S(=O)(=O)c2c(S(=O)(=O)[C@@H]3CN(C(=O)OC(C)(C)C)[C@](C)(C(=O)O)C3)ccc(I)c2-c2nnn(Cc3ccc(OC)cc3)n2)cc1. The van der Waals surface area contributed by atoms with E-state index in [9.17, 15) is 14.7 Å². The van der Waals surface area contributed by atoms with Gasteiger partial charge in [-0.05, 0) is 121 Å². The van der Waals surface area contributed by atoms with Crippen molar-refractivity contribution in [2.24, 2.45) is 0 Å². The van der Waals surface area contributed by atoms with E-state index in [1.54, 1.807) is 101 Å². The first-order chi connectivity index (χ1) is 29.2. The Bertz CT molecular complexity index is 2610. The molecule has 0 bridgehead atoms. The summed E-state index contributed by atoms with van der Waals surface area (Å²) in [5, 5.41) is 21.9. The largest absolute Gasteiger partial charge is 0.497 e. The van der Waals surface area contributed by atoms with Gasteiger partial charge in [-0.1, -0.05) is 36.4 Å². The summed E-state index contributed by atoms with van der Waals surface area (Å²) in [6, 6.07) is 23.3. The Balaban J connectivity index is 1.55. The Labute approximate surface area is 374 Å². The fourth-order valence-corrected chi connectivity index (χ4v) is 12.0. The van der Waals surface area contributed by atoms with Crippen LogP contribution in [-0.4, -0.2) is 108 Å². The molecule has 1 N–H and O–H groups in total. The van der Waals surface area contributed by atoms with Gasteiger partial charge in [-0.15, -0.1) is 10.2 Å². The Morgan fingerprint density at radius 2 is 1.32 bits per heavy atom. The molecule has 1 saturated heterocycles. The maximum absolute atomic E-state index is 15.7. The number of aromatic nitrogens is 4. The summed E-state index contributed by atoms with van der Waals surface area (Å²) in [5.41, 5.74) is -1.30. The van der Waals surface area contributed by atoms with Crippen LogP contribution in [0.25, 0.3) is 11.4 Å². The fraction of sp³-hybridized carbons (Fsp3) is 0.357. The molecule has 4 aromatic carbocycles. The number of hydrogen-bond acceptors (Lipinski definition) is 13. The van der Waals surface area contributed by atoms with Crippen LogP contribution < -0.4 is 14.2 Å². The third kappa shape index (κ3) is 9.82.